The third-order valence-corrected chi connectivity index (χ3v) is 2.29. The second kappa shape index (κ2) is 3.54. The summed E-state index contributed by atoms with van der Waals surface area (Å²) in [5.74, 6) is 1.34. The number of fused-ring (bicyclic) bond motifs is 1. The molecule has 0 amide bonds. The van der Waals surface area contributed by atoms with Crippen LogP contribution in [0.15, 0.2) is 18.3 Å². The van der Waals surface area contributed by atoms with Crippen LogP contribution in [0, 0.1) is 11.3 Å². The third kappa shape index (κ3) is 1.38. The first-order valence-corrected chi connectivity index (χ1v) is 4.43. The molecule has 4 nitrogen and oxygen atoms in total. The number of hydrogen-bond acceptors (Lipinski definition) is 3. The molecule has 0 saturated carbocycles. The molecule has 0 aliphatic carbocycles. The van der Waals surface area contributed by atoms with Gasteiger partial charge in [0.2, 0.25) is 0 Å². The number of aromatic nitrogens is 1. The molecule has 0 spiro atoms. The van der Waals surface area contributed by atoms with Gasteiger partial charge in [0.1, 0.15) is 17.6 Å². The van der Waals surface area contributed by atoms with E-state index in [0.717, 1.165) is 10.9 Å². The van der Waals surface area contributed by atoms with Crippen molar-refractivity contribution in [2.75, 3.05) is 14.2 Å². The van der Waals surface area contributed by atoms with Crippen molar-refractivity contribution in [2.24, 2.45) is 0 Å². The first-order chi connectivity index (χ1) is 7.30. The van der Waals surface area contributed by atoms with Crippen molar-refractivity contribution >= 4 is 10.9 Å². The largest absolute Gasteiger partial charge is 0.497 e. The molecule has 0 bridgehead atoms. The van der Waals surface area contributed by atoms with E-state index in [2.05, 4.69) is 11.1 Å². The summed E-state index contributed by atoms with van der Waals surface area (Å²) in [5, 5.41) is 9.71. The Bertz CT molecular complexity index is 537. The number of aromatic amines is 1. The van der Waals surface area contributed by atoms with Crippen molar-refractivity contribution in [1.82, 2.24) is 4.98 Å². The quantitative estimate of drug-likeness (QED) is 0.810. The first kappa shape index (κ1) is 9.41. The fraction of sp³-hybridized carbons (Fsp3) is 0.182. The number of methoxy groups -OCH3 is 2. The Morgan fingerprint density at radius 3 is 2.67 bits per heavy atom. The van der Waals surface area contributed by atoms with Crippen LogP contribution >= 0.6 is 0 Å². The van der Waals surface area contributed by atoms with Crippen LogP contribution in [0.25, 0.3) is 10.9 Å². The summed E-state index contributed by atoms with van der Waals surface area (Å²) in [6.45, 7) is 0. The number of ether oxygens (including phenoxy) is 2. The van der Waals surface area contributed by atoms with E-state index in [1.165, 1.54) is 0 Å². The molecule has 0 saturated heterocycles. The minimum absolute atomic E-state index is 0.574. The van der Waals surface area contributed by atoms with Crippen LogP contribution in [-0.4, -0.2) is 19.2 Å². The van der Waals surface area contributed by atoms with Gasteiger partial charge in [0.15, 0.2) is 0 Å². The third-order valence-electron chi connectivity index (χ3n) is 2.29. The number of H-pyrrole nitrogens is 1. The summed E-state index contributed by atoms with van der Waals surface area (Å²) >= 11 is 0. The summed E-state index contributed by atoms with van der Waals surface area (Å²) in [7, 11) is 3.16. The maximum atomic E-state index is 8.91. The maximum Gasteiger partial charge on any atom is 0.133 e. The smallest absolute Gasteiger partial charge is 0.133 e. The summed E-state index contributed by atoms with van der Waals surface area (Å²) in [6.07, 6.45) is 1.66. The molecule has 15 heavy (non-hydrogen) atoms. The van der Waals surface area contributed by atoms with Gasteiger partial charge in [-0.3, -0.25) is 0 Å². The minimum atomic E-state index is 0.574. The summed E-state index contributed by atoms with van der Waals surface area (Å²) in [5.41, 5.74) is 1.41. The highest BCUT2D eigenvalue weighted by atomic mass is 16.5. The second-order valence-electron chi connectivity index (χ2n) is 3.07. The van der Waals surface area contributed by atoms with E-state index in [1.54, 1.807) is 26.5 Å². The highest BCUT2D eigenvalue weighted by molar-refractivity contribution is 5.92. The molecular formula is C11H10N2O2. The molecule has 4 heteroatoms. The molecule has 0 fully saturated rings. The number of nitrogens with zero attached hydrogens (tertiary/aromatic N) is 1. The standard InChI is InChI=1S/C11H10N2O2/c1-14-8-3-9-11(10(4-8)15-2)7(5-12)6-13-9/h3-4,6,13H,1-2H3. The predicted octanol–water partition coefficient (Wildman–Crippen LogP) is 2.06. The zero-order valence-corrected chi connectivity index (χ0v) is 8.50. The monoisotopic (exact) mass is 202 g/mol. The van der Waals surface area contributed by atoms with Gasteiger partial charge < -0.3 is 14.5 Å². The molecule has 2 aromatic rings. The van der Waals surface area contributed by atoms with Crippen molar-refractivity contribution in [2.45, 2.75) is 0 Å². The number of hydrogen-bond donors (Lipinski definition) is 1. The lowest BCUT2D eigenvalue weighted by Crippen LogP contribution is -1.88. The average Bonchev–Trinajstić information content (AvgIpc) is 2.70. The number of benzene rings is 1. The van der Waals surface area contributed by atoms with Crippen LogP contribution in [0.3, 0.4) is 0 Å². The molecule has 1 aromatic heterocycles. The van der Waals surface area contributed by atoms with Crippen molar-refractivity contribution < 1.29 is 9.47 Å². The normalized spacial score (nSPS) is 9.93. The molecule has 2 rings (SSSR count). The highest BCUT2D eigenvalue weighted by Crippen LogP contribution is 2.32. The van der Waals surface area contributed by atoms with Gasteiger partial charge in [-0.2, -0.15) is 5.26 Å². The molecule has 0 radical (unpaired) electrons. The molecule has 0 aliphatic heterocycles. The minimum Gasteiger partial charge on any atom is -0.497 e. The lowest BCUT2D eigenvalue weighted by atomic mass is 10.1. The van der Waals surface area contributed by atoms with Crippen molar-refractivity contribution in [3.8, 4) is 17.6 Å². The average molecular weight is 202 g/mol. The summed E-state index contributed by atoms with van der Waals surface area (Å²) in [6, 6.07) is 5.70. The Morgan fingerprint density at radius 2 is 2.07 bits per heavy atom. The topological polar surface area (TPSA) is 58.0 Å². The summed E-state index contributed by atoms with van der Waals surface area (Å²) < 4.78 is 10.3. The zero-order chi connectivity index (χ0) is 10.8. The van der Waals surface area contributed by atoms with Crippen molar-refractivity contribution in [3.05, 3.63) is 23.9 Å². The molecule has 0 unspecified atom stereocenters. The van der Waals surface area contributed by atoms with E-state index >= 15 is 0 Å². The second-order valence-corrected chi connectivity index (χ2v) is 3.07. The van der Waals surface area contributed by atoms with Gasteiger partial charge in [0.05, 0.1) is 30.7 Å². The van der Waals surface area contributed by atoms with E-state index in [0.29, 0.717) is 17.1 Å². The molecule has 0 atom stereocenters. The van der Waals surface area contributed by atoms with Crippen molar-refractivity contribution in [1.29, 1.82) is 5.26 Å². The van der Waals surface area contributed by atoms with Crippen LogP contribution in [0.1, 0.15) is 5.56 Å². The molecule has 1 aromatic carbocycles. The summed E-state index contributed by atoms with van der Waals surface area (Å²) in [4.78, 5) is 3.01. The van der Waals surface area contributed by atoms with E-state index in [-0.39, 0.29) is 0 Å². The molecular weight excluding hydrogens is 192 g/mol. The SMILES string of the molecule is COc1cc(OC)c2c(C#N)c[nH]c2c1. The first-order valence-electron chi connectivity index (χ1n) is 4.43. The molecule has 1 heterocycles. The fourth-order valence-electron chi connectivity index (χ4n) is 1.57. The van der Waals surface area contributed by atoms with Crippen LogP contribution < -0.4 is 9.47 Å². The van der Waals surface area contributed by atoms with Crippen LogP contribution in [0.5, 0.6) is 11.5 Å². The van der Waals surface area contributed by atoms with Crippen LogP contribution in [0.4, 0.5) is 0 Å². The van der Waals surface area contributed by atoms with Crippen LogP contribution in [-0.2, 0) is 0 Å². The zero-order valence-electron chi connectivity index (χ0n) is 8.50. The van der Waals surface area contributed by atoms with E-state index < -0.39 is 0 Å². The van der Waals surface area contributed by atoms with Gasteiger partial charge in [-0.05, 0) is 0 Å². The van der Waals surface area contributed by atoms with Crippen LogP contribution in [0.2, 0.25) is 0 Å². The van der Waals surface area contributed by atoms with Gasteiger partial charge in [0.25, 0.3) is 0 Å². The lowest BCUT2D eigenvalue weighted by Gasteiger charge is -2.05. The number of nitrogens with one attached hydrogen (secondary N) is 1. The maximum absolute atomic E-state index is 8.91. The molecule has 1 N–H and O–H groups in total. The van der Waals surface area contributed by atoms with Gasteiger partial charge in [0, 0.05) is 18.3 Å². The fourth-order valence-corrected chi connectivity index (χ4v) is 1.57. The number of nitriles is 1. The van der Waals surface area contributed by atoms with Gasteiger partial charge in [-0.15, -0.1) is 0 Å². The van der Waals surface area contributed by atoms with E-state index in [1.807, 2.05) is 6.07 Å². The van der Waals surface area contributed by atoms with Crippen molar-refractivity contribution in [3.63, 3.8) is 0 Å². The molecule has 0 aliphatic rings. The Labute approximate surface area is 87.0 Å². The van der Waals surface area contributed by atoms with Gasteiger partial charge in [-0.1, -0.05) is 0 Å². The van der Waals surface area contributed by atoms with Gasteiger partial charge >= 0.3 is 0 Å². The number of rotatable bonds is 2. The van der Waals surface area contributed by atoms with E-state index in [4.69, 9.17) is 14.7 Å². The van der Waals surface area contributed by atoms with E-state index in [9.17, 15) is 0 Å². The highest BCUT2D eigenvalue weighted by Gasteiger charge is 2.10. The Balaban J connectivity index is 2.79. The molecule has 76 valence electrons. The Kier molecular flexibility index (Phi) is 2.22. The Hall–Kier alpha value is -2.15. The predicted molar refractivity (Wildman–Crippen MR) is 56.1 cm³/mol. The Morgan fingerprint density at radius 1 is 1.27 bits per heavy atom. The lowest BCUT2D eigenvalue weighted by molar-refractivity contribution is 0.398. The van der Waals surface area contributed by atoms with Gasteiger partial charge in [-0.25, -0.2) is 0 Å².